The number of hydrogen-bond acceptors (Lipinski definition) is 5. The molecule has 1 aromatic carbocycles. The number of H-pyrrole nitrogens is 1. The minimum Gasteiger partial charge on any atom is -0.542 e. The van der Waals surface area contributed by atoms with Gasteiger partial charge in [0.05, 0.1) is 37.4 Å². The Morgan fingerprint density at radius 2 is 1.84 bits per heavy atom. The highest BCUT2D eigenvalue weighted by molar-refractivity contribution is 5.94. The van der Waals surface area contributed by atoms with Crippen molar-refractivity contribution in [3.05, 3.63) is 62.8 Å². The monoisotopic (exact) mass is 458 g/mol. The van der Waals surface area contributed by atoms with Gasteiger partial charge in [-0.05, 0) is 30.2 Å². The average molecular weight is 458 g/mol. The summed E-state index contributed by atoms with van der Waals surface area (Å²) in [6.07, 6.45) is -4.15. The molecule has 32 heavy (non-hydrogen) atoms. The Balaban J connectivity index is 0.000000451. The van der Waals surface area contributed by atoms with Crippen LogP contribution in [0.2, 0.25) is 0 Å². The van der Waals surface area contributed by atoms with Crippen LogP contribution in [0.15, 0.2) is 29.1 Å². The third kappa shape index (κ3) is 6.87. The van der Waals surface area contributed by atoms with E-state index in [1.165, 1.54) is 6.07 Å². The summed E-state index contributed by atoms with van der Waals surface area (Å²) in [5, 5.41) is 17.4. The van der Waals surface area contributed by atoms with Crippen molar-refractivity contribution >= 4 is 11.9 Å². The van der Waals surface area contributed by atoms with E-state index in [0.717, 1.165) is 18.7 Å². The van der Waals surface area contributed by atoms with Crippen LogP contribution in [0.5, 0.6) is 0 Å². The van der Waals surface area contributed by atoms with E-state index >= 15 is 0 Å². The van der Waals surface area contributed by atoms with E-state index in [4.69, 9.17) is 9.90 Å². The van der Waals surface area contributed by atoms with Crippen molar-refractivity contribution in [1.82, 2.24) is 15.1 Å². The molecule has 8 nitrogen and oxygen atoms in total. The van der Waals surface area contributed by atoms with Gasteiger partial charge in [0.2, 0.25) is 0 Å². The van der Waals surface area contributed by atoms with Gasteiger partial charge in [-0.25, -0.2) is 9.49 Å². The molecule has 3 rings (SSSR count). The molecule has 3 N–H and O–H groups in total. The van der Waals surface area contributed by atoms with E-state index in [-0.39, 0.29) is 17.0 Å². The number of aryl methyl sites for hydroxylation is 1. The second-order valence-corrected chi connectivity index (χ2v) is 7.00. The maximum atomic E-state index is 14.2. The number of benzene rings is 1. The first-order chi connectivity index (χ1) is 15.0. The number of carbonyl (C=O) groups is 2. The van der Waals surface area contributed by atoms with Crippen molar-refractivity contribution in [1.29, 1.82) is 0 Å². The molecule has 2 heterocycles. The first-order valence-corrected chi connectivity index (χ1v) is 9.78. The number of carboxylic acids is 1. The number of nitrogens with zero attached hydrogens (tertiary/aromatic N) is 2. The fraction of sp³-hybridized carbons (Fsp3) is 0.400. The van der Waals surface area contributed by atoms with Crippen LogP contribution < -0.4 is 16.0 Å². The third-order valence-electron chi connectivity index (χ3n) is 4.69. The number of aromatic nitrogens is 2. The number of aromatic amines is 1. The van der Waals surface area contributed by atoms with E-state index in [1.807, 2.05) is 6.92 Å². The van der Waals surface area contributed by atoms with Crippen LogP contribution in [-0.2, 0) is 17.6 Å². The van der Waals surface area contributed by atoms with Crippen LogP contribution in [0.1, 0.15) is 34.1 Å². The molecule has 0 saturated carbocycles. The molecule has 174 valence electrons. The standard InChI is InChI=1S/C18H21FN4O2.C2HF3O2/c1-2-13-11-14(21-22-17(13)24)9-12-3-4-16(19)15(10-12)18(25)23-7-5-20-6-8-23;3-2(4,5)1(6)7/h3-4,10-11,20H,2,5-9H2,1H3,(H,22,24);(H,6,7). The number of hydrogen-bond donors (Lipinski definition) is 2. The molecule has 1 aliphatic rings. The Morgan fingerprint density at radius 3 is 2.41 bits per heavy atom. The molecule has 0 radical (unpaired) electrons. The van der Waals surface area contributed by atoms with Gasteiger partial charge in [0, 0.05) is 12.0 Å². The molecule has 1 fully saturated rings. The van der Waals surface area contributed by atoms with Crippen LogP contribution >= 0.6 is 0 Å². The fourth-order valence-corrected chi connectivity index (χ4v) is 3.03. The quantitative estimate of drug-likeness (QED) is 0.592. The number of piperazine rings is 1. The van der Waals surface area contributed by atoms with E-state index in [1.54, 1.807) is 23.1 Å². The van der Waals surface area contributed by atoms with Gasteiger partial charge in [0.25, 0.3) is 11.5 Å². The number of halogens is 4. The molecule has 12 heteroatoms. The van der Waals surface area contributed by atoms with E-state index < -0.39 is 18.0 Å². The molecule has 2 aromatic rings. The van der Waals surface area contributed by atoms with Crippen molar-refractivity contribution in [2.45, 2.75) is 25.9 Å². The molecular weight excluding hydrogens is 436 g/mol. The number of quaternary nitrogens is 1. The summed E-state index contributed by atoms with van der Waals surface area (Å²) >= 11 is 0. The van der Waals surface area contributed by atoms with Crippen molar-refractivity contribution in [3.8, 4) is 0 Å². The number of nitrogens with two attached hydrogens (primary N) is 1. The van der Waals surface area contributed by atoms with Gasteiger partial charge in [-0.15, -0.1) is 0 Å². The number of aliphatic carboxylic acids is 1. The van der Waals surface area contributed by atoms with E-state index in [9.17, 15) is 27.2 Å². The molecule has 0 unspecified atom stereocenters. The Morgan fingerprint density at radius 1 is 1.22 bits per heavy atom. The van der Waals surface area contributed by atoms with Gasteiger partial charge in [-0.2, -0.15) is 18.3 Å². The summed E-state index contributed by atoms with van der Waals surface area (Å²) in [4.78, 5) is 34.7. The average Bonchev–Trinajstić information content (AvgIpc) is 2.76. The highest BCUT2D eigenvalue weighted by Crippen LogP contribution is 2.16. The molecule has 1 saturated heterocycles. The number of rotatable bonds is 4. The number of amides is 1. The Labute approximate surface area is 180 Å². The van der Waals surface area contributed by atoms with Crippen molar-refractivity contribution < 1.29 is 37.6 Å². The molecule has 0 bridgehead atoms. The zero-order chi connectivity index (χ0) is 23.9. The lowest BCUT2D eigenvalue weighted by Crippen LogP contribution is -2.89. The lowest BCUT2D eigenvalue weighted by molar-refractivity contribution is -0.661. The summed E-state index contributed by atoms with van der Waals surface area (Å²) in [5.74, 6) is -3.78. The first kappa shape index (κ1) is 25.0. The van der Waals surface area contributed by atoms with Crippen LogP contribution in [0, 0.1) is 5.82 Å². The summed E-state index contributed by atoms with van der Waals surface area (Å²) in [6, 6.07) is 6.32. The van der Waals surface area contributed by atoms with Crippen molar-refractivity contribution in [3.63, 3.8) is 0 Å². The molecule has 0 aliphatic carbocycles. The molecule has 1 amide bonds. The van der Waals surface area contributed by atoms with E-state index in [2.05, 4.69) is 15.5 Å². The molecular formula is C20H22F4N4O4. The second-order valence-electron chi connectivity index (χ2n) is 7.00. The van der Waals surface area contributed by atoms with Gasteiger partial charge in [0.1, 0.15) is 11.8 Å². The molecule has 0 spiro atoms. The van der Waals surface area contributed by atoms with Gasteiger partial charge >= 0.3 is 6.18 Å². The number of nitrogens with one attached hydrogen (secondary N) is 1. The SMILES string of the molecule is CCc1cc(Cc2ccc(F)c(C(=O)N3CC[NH2+]CC3)c2)n[nH]c1=O.O=C([O-])C(F)(F)F. The van der Waals surface area contributed by atoms with Gasteiger partial charge in [-0.1, -0.05) is 13.0 Å². The van der Waals surface area contributed by atoms with Crippen molar-refractivity contribution in [2.75, 3.05) is 26.2 Å². The zero-order valence-electron chi connectivity index (χ0n) is 17.2. The maximum absolute atomic E-state index is 14.2. The fourth-order valence-electron chi connectivity index (χ4n) is 3.03. The minimum atomic E-state index is -5.19. The van der Waals surface area contributed by atoms with Crippen LogP contribution in [0.25, 0.3) is 0 Å². The Kier molecular flexibility index (Phi) is 8.47. The third-order valence-corrected chi connectivity index (χ3v) is 4.69. The van der Waals surface area contributed by atoms with Crippen molar-refractivity contribution in [2.24, 2.45) is 0 Å². The largest absolute Gasteiger partial charge is 0.542 e. The highest BCUT2D eigenvalue weighted by atomic mass is 19.4. The Hall–Kier alpha value is -3.28. The topological polar surface area (TPSA) is 123 Å². The normalized spacial score (nSPS) is 13.8. The summed E-state index contributed by atoms with van der Waals surface area (Å²) < 4.78 is 45.7. The number of carboxylic acid groups (broad SMARTS) is 1. The van der Waals surface area contributed by atoms with Gasteiger partial charge in [0.15, 0.2) is 0 Å². The van der Waals surface area contributed by atoms with Crippen LogP contribution in [0.3, 0.4) is 0 Å². The molecule has 1 aromatic heterocycles. The predicted octanol–water partition coefficient (Wildman–Crippen LogP) is -0.620. The number of alkyl halides is 3. The zero-order valence-corrected chi connectivity index (χ0v) is 17.2. The van der Waals surface area contributed by atoms with Crippen LogP contribution in [0.4, 0.5) is 17.6 Å². The van der Waals surface area contributed by atoms with E-state index in [0.29, 0.717) is 37.2 Å². The summed E-state index contributed by atoms with van der Waals surface area (Å²) in [6.45, 7) is 4.84. The highest BCUT2D eigenvalue weighted by Gasteiger charge is 2.28. The maximum Gasteiger partial charge on any atom is 0.430 e. The predicted molar refractivity (Wildman–Crippen MR) is 102 cm³/mol. The first-order valence-electron chi connectivity index (χ1n) is 9.78. The molecule has 1 aliphatic heterocycles. The smallest absolute Gasteiger partial charge is 0.430 e. The second kappa shape index (κ2) is 10.8. The van der Waals surface area contributed by atoms with Crippen LogP contribution in [-0.4, -0.2) is 59.3 Å². The molecule has 0 atom stereocenters. The lowest BCUT2D eigenvalue weighted by Gasteiger charge is -2.25. The lowest BCUT2D eigenvalue weighted by atomic mass is 10.0. The van der Waals surface area contributed by atoms with Gasteiger partial charge < -0.3 is 20.1 Å². The van der Waals surface area contributed by atoms with Gasteiger partial charge in [-0.3, -0.25) is 9.59 Å². The summed E-state index contributed by atoms with van der Waals surface area (Å²) in [5.41, 5.74) is 2.04. The minimum absolute atomic E-state index is 0.0968. The number of carbonyl (C=O) groups excluding carboxylic acids is 2. The summed E-state index contributed by atoms with van der Waals surface area (Å²) in [7, 11) is 0. The Bertz CT molecular complexity index is 1020.